The number of para-hydroxylation sites is 1. The SMILES string of the molecule is Cc1cc(CCCN)nc2ccccc12. The Morgan fingerprint density at radius 1 is 1.27 bits per heavy atom. The molecular weight excluding hydrogens is 184 g/mol. The third-order valence-electron chi connectivity index (χ3n) is 2.61. The molecule has 1 heterocycles. The van der Waals surface area contributed by atoms with Crippen LogP contribution >= 0.6 is 0 Å². The number of benzene rings is 1. The average Bonchev–Trinajstić information content (AvgIpc) is 2.26. The zero-order chi connectivity index (χ0) is 10.7. The summed E-state index contributed by atoms with van der Waals surface area (Å²) < 4.78 is 0. The van der Waals surface area contributed by atoms with E-state index in [1.807, 2.05) is 6.07 Å². The molecule has 0 amide bonds. The molecule has 0 bridgehead atoms. The molecule has 2 nitrogen and oxygen atoms in total. The van der Waals surface area contributed by atoms with Crippen LogP contribution in [0, 0.1) is 6.92 Å². The lowest BCUT2D eigenvalue weighted by atomic mass is 10.1. The van der Waals surface area contributed by atoms with E-state index in [1.54, 1.807) is 0 Å². The molecule has 0 aliphatic heterocycles. The highest BCUT2D eigenvalue weighted by atomic mass is 14.7. The van der Waals surface area contributed by atoms with E-state index in [0.717, 1.165) is 30.6 Å². The van der Waals surface area contributed by atoms with Crippen molar-refractivity contribution >= 4 is 10.9 Å². The van der Waals surface area contributed by atoms with Crippen LogP contribution in [-0.2, 0) is 6.42 Å². The molecule has 15 heavy (non-hydrogen) atoms. The maximum atomic E-state index is 5.50. The molecule has 0 saturated heterocycles. The predicted molar refractivity (Wildman–Crippen MR) is 63.9 cm³/mol. The Hall–Kier alpha value is -1.41. The van der Waals surface area contributed by atoms with E-state index in [4.69, 9.17) is 5.73 Å². The van der Waals surface area contributed by atoms with Gasteiger partial charge in [-0.1, -0.05) is 18.2 Å². The minimum Gasteiger partial charge on any atom is -0.330 e. The summed E-state index contributed by atoms with van der Waals surface area (Å²) in [7, 11) is 0. The highest BCUT2D eigenvalue weighted by Gasteiger charge is 2.01. The molecule has 2 heteroatoms. The van der Waals surface area contributed by atoms with Crippen LogP contribution in [0.4, 0.5) is 0 Å². The Labute approximate surface area is 90.1 Å². The summed E-state index contributed by atoms with van der Waals surface area (Å²) in [4.78, 5) is 4.62. The minimum absolute atomic E-state index is 0.730. The van der Waals surface area contributed by atoms with Crippen molar-refractivity contribution in [2.24, 2.45) is 5.73 Å². The van der Waals surface area contributed by atoms with E-state index < -0.39 is 0 Å². The first-order chi connectivity index (χ1) is 7.31. The van der Waals surface area contributed by atoms with E-state index >= 15 is 0 Å². The molecule has 0 saturated carbocycles. The summed E-state index contributed by atoms with van der Waals surface area (Å²) in [6.45, 7) is 2.86. The molecule has 0 fully saturated rings. The second-order valence-electron chi connectivity index (χ2n) is 3.84. The van der Waals surface area contributed by atoms with E-state index in [-0.39, 0.29) is 0 Å². The second-order valence-corrected chi connectivity index (χ2v) is 3.84. The van der Waals surface area contributed by atoms with Crippen LogP contribution < -0.4 is 5.73 Å². The van der Waals surface area contributed by atoms with Crippen LogP contribution in [0.1, 0.15) is 17.7 Å². The summed E-state index contributed by atoms with van der Waals surface area (Å²) in [5.41, 5.74) is 9.04. The van der Waals surface area contributed by atoms with E-state index in [0.29, 0.717) is 0 Å². The topological polar surface area (TPSA) is 38.9 Å². The van der Waals surface area contributed by atoms with Crippen LogP contribution in [0.2, 0.25) is 0 Å². The Balaban J connectivity index is 2.43. The number of nitrogens with zero attached hydrogens (tertiary/aromatic N) is 1. The first-order valence-electron chi connectivity index (χ1n) is 5.36. The molecule has 1 aromatic heterocycles. The molecule has 0 unspecified atom stereocenters. The maximum absolute atomic E-state index is 5.50. The summed E-state index contributed by atoms with van der Waals surface area (Å²) in [6, 6.07) is 10.4. The molecule has 2 rings (SSSR count). The Kier molecular flexibility index (Phi) is 2.97. The molecule has 0 aliphatic rings. The lowest BCUT2D eigenvalue weighted by Gasteiger charge is -2.05. The zero-order valence-corrected chi connectivity index (χ0v) is 9.03. The molecular formula is C13H16N2. The maximum Gasteiger partial charge on any atom is 0.0707 e. The molecule has 78 valence electrons. The van der Waals surface area contributed by atoms with E-state index in [9.17, 15) is 0 Å². The van der Waals surface area contributed by atoms with Crippen molar-refractivity contribution in [1.29, 1.82) is 0 Å². The van der Waals surface area contributed by atoms with Crippen molar-refractivity contribution in [3.63, 3.8) is 0 Å². The monoisotopic (exact) mass is 200 g/mol. The number of pyridine rings is 1. The Morgan fingerprint density at radius 3 is 2.87 bits per heavy atom. The van der Waals surface area contributed by atoms with Crippen molar-refractivity contribution < 1.29 is 0 Å². The fourth-order valence-corrected chi connectivity index (χ4v) is 1.83. The fraction of sp³-hybridized carbons (Fsp3) is 0.308. The molecule has 0 atom stereocenters. The van der Waals surface area contributed by atoms with Crippen LogP contribution in [0.25, 0.3) is 10.9 Å². The van der Waals surface area contributed by atoms with Gasteiger partial charge in [-0.3, -0.25) is 4.98 Å². The first kappa shape index (κ1) is 10.1. The van der Waals surface area contributed by atoms with Crippen molar-refractivity contribution in [2.45, 2.75) is 19.8 Å². The molecule has 0 spiro atoms. The smallest absolute Gasteiger partial charge is 0.0707 e. The Morgan fingerprint density at radius 2 is 2.07 bits per heavy atom. The van der Waals surface area contributed by atoms with Gasteiger partial charge in [-0.25, -0.2) is 0 Å². The van der Waals surface area contributed by atoms with Gasteiger partial charge in [0.2, 0.25) is 0 Å². The molecule has 2 N–H and O–H groups in total. The first-order valence-corrected chi connectivity index (χ1v) is 5.36. The van der Waals surface area contributed by atoms with Gasteiger partial charge >= 0.3 is 0 Å². The third kappa shape index (κ3) is 2.16. The normalized spacial score (nSPS) is 10.8. The summed E-state index contributed by atoms with van der Waals surface area (Å²) in [5, 5.41) is 1.24. The highest BCUT2D eigenvalue weighted by molar-refractivity contribution is 5.81. The van der Waals surface area contributed by atoms with Crippen molar-refractivity contribution in [3.05, 3.63) is 41.6 Å². The number of fused-ring (bicyclic) bond motifs is 1. The fourth-order valence-electron chi connectivity index (χ4n) is 1.83. The lowest BCUT2D eigenvalue weighted by Crippen LogP contribution is -2.02. The van der Waals surface area contributed by atoms with Gasteiger partial charge in [0.1, 0.15) is 0 Å². The van der Waals surface area contributed by atoms with Gasteiger partial charge < -0.3 is 5.73 Å². The van der Waals surface area contributed by atoms with Gasteiger partial charge in [-0.05, 0) is 44.0 Å². The molecule has 0 radical (unpaired) electrons. The molecule has 1 aromatic carbocycles. The van der Waals surface area contributed by atoms with Crippen molar-refractivity contribution in [3.8, 4) is 0 Å². The number of hydrogen-bond acceptors (Lipinski definition) is 2. The van der Waals surface area contributed by atoms with Gasteiger partial charge in [0.05, 0.1) is 5.52 Å². The average molecular weight is 200 g/mol. The van der Waals surface area contributed by atoms with Crippen LogP contribution in [-0.4, -0.2) is 11.5 Å². The predicted octanol–water partition coefficient (Wildman–Crippen LogP) is 2.43. The van der Waals surface area contributed by atoms with Crippen molar-refractivity contribution in [1.82, 2.24) is 4.98 Å². The van der Waals surface area contributed by atoms with Crippen molar-refractivity contribution in [2.75, 3.05) is 6.54 Å². The zero-order valence-electron chi connectivity index (χ0n) is 9.03. The van der Waals surface area contributed by atoms with E-state index in [1.165, 1.54) is 10.9 Å². The molecule has 2 aromatic rings. The number of aromatic nitrogens is 1. The number of aryl methyl sites for hydroxylation is 2. The second kappa shape index (κ2) is 4.41. The lowest BCUT2D eigenvalue weighted by molar-refractivity contribution is 0.813. The number of hydrogen-bond donors (Lipinski definition) is 1. The summed E-state index contributed by atoms with van der Waals surface area (Å²) in [6.07, 6.45) is 1.98. The number of rotatable bonds is 3. The van der Waals surface area contributed by atoms with Crippen LogP contribution in [0.3, 0.4) is 0 Å². The standard InChI is InChI=1S/C13H16N2/c1-10-9-11(5-4-8-14)15-13-7-3-2-6-12(10)13/h2-3,6-7,9H,4-5,8,14H2,1H3. The Bertz CT molecular complexity index is 463. The van der Waals surface area contributed by atoms with Gasteiger partial charge in [-0.2, -0.15) is 0 Å². The van der Waals surface area contributed by atoms with E-state index in [2.05, 4.69) is 36.2 Å². The van der Waals surface area contributed by atoms with Gasteiger partial charge in [-0.15, -0.1) is 0 Å². The quantitative estimate of drug-likeness (QED) is 0.826. The number of nitrogens with two attached hydrogens (primary N) is 1. The van der Waals surface area contributed by atoms with Gasteiger partial charge in [0, 0.05) is 11.1 Å². The highest BCUT2D eigenvalue weighted by Crippen LogP contribution is 2.17. The van der Waals surface area contributed by atoms with Gasteiger partial charge in [0.25, 0.3) is 0 Å². The largest absolute Gasteiger partial charge is 0.330 e. The third-order valence-corrected chi connectivity index (χ3v) is 2.61. The van der Waals surface area contributed by atoms with Crippen LogP contribution in [0.15, 0.2) is 30.3 Å². The minimum atomic E-state index is 0.730. The molecule has 0 aliphatic carbocycles. The summed E-state index contributed by atoms with van der Waals surface area (Å²) in [5.74, 6) is 0. The van der Waals surface area contributed by atoms with Gasteiger partial charge in [0.15, 0.2) is 0 Å². The summed E-state index contributed by atoms with van der Waals surface area (Å²) >= 11 is 0. The van der Waals surface area contributed by atoms with Crippen LogP contribution in [0.5, 0.6) is 0 Å².